The van der Waals surface area contributed by atoms with E-state index in [1.165, 1.54) is 14.2 Å². The minimum atomic E-state index is -0.298. The van der Waals surface area contributed by atoms with E-state index in [0.717, 1.165) is 5.57 Å². The van der Waals surface area contributed by atoms with Gasteiger partial charge in [-0.15, -0.1) is 0 Å². The van der Waals surface area contributed by atoms with Crippen LogP contribution in [0.2, 0.25) is 0 Å². The fourth-order valence-electron chi connectivity index (χ4n) is 0.949. The largest absolute Gasteiger partial charge is 0.469 e. The van der Waals surface area contributed by atoms with Crippen LogP contribution < -0.4 is 0 Å². The van der Waals surface area contributed by atoms with Crippen LogP contribution in [0.5, 0.6) is 0 Å². The highest BCUT2D eigenvalue weighted by Crippen LogP contribution is 2.10. The standard InChI is InChI=1S/C10H16O4/c1-8(7-10(12)14-3)5-4-6-9(11)13-2/h1,4-7H2,2-3H3. The fourth-order valence-corrected chi connectivity index (χ4v) is 0.949. The molecule has 0 rings (SSSR count). The topological polar surface area (TPSA) is 52.6 Å². The molecule has 0 spiro atoms. The van der Waals surface area contributed by atoms with Crippen LogP contribution in [0.25, 0.3) is 0 Å². The Morgan fingerprint density at radius 1 is 1.07 bits per heavy atom. The van der Waals surface area contributed by atoms with E-state index in [2.05, 4.69) is 16.1 Å². The summed E-state index contributed by atoms with van der Waals surface area (Å²) in [4.78, 5) is 21.5. The van der Waals surface area contributed by atoms with Crippen molar-refractivity contribution < 1.29 is 19.1 Å². The van der Waals surface area contributed by atoms with Crippen LogP contribution in [0, 0.1) is 0 Å². The summed E-state index contributed by atoms with van der Waals surface area (Å²) in [7, 11) is 2.69. The second kappa shape index (κ2) is 7.12. The molecule has 0 radical (unpaired) electrons. The van der Waals surface area contributed by atoms with Crippen molar-refractivity contribution in [3.63, 3.8) is 0 Å². The Labute approximate surface area is 83.9 Å². The lowest BCUT2D eigenvalue weighted by Crippen LogP contribution is -2.03. The van der Waals surface area contributed by atoms with Gasteiger partial charge in [0, 0.05) is 6.42 Å². The summed E-state index contributed by atoms with van der Waals surface area (Å²) in [5, 5.41) is 0. The lowest BCUT2D eigenvalue weighted by atomic mass is 10.1. The van der Waals surface area contributed by atoms with E-state index in [9.17, 15) is 9.59 Å². The van der Waals surface area contributed by atoms with Crippen LogP contribution in [0.15, 0.2) is 12.2 Å². The van der Waals surface area contributed by atoms with Gasteiger partial charge in [-0.1, -0.05) is 12.2 Å². The Morgan fingerprint density at radius 2 is 1.64 bits per heavy atom. The van der Waals surface area contributed by atoms with Gasteiger partial charge in [-0.3, -0.25) is 9.59 Å². The number of rotatable bonds is 6. The van der Waals surface area contributed by atoms with Crippen molar-refractivity contribution in [2.24, 2.45) is 0 Å². The van der Waals surface area contributed by atoms with Crippen molar-refractivity contribution in [2.45, 2.75) is 25.7 Å². The van der Waals surface area contributed by atoms with Crippen molar-refractivity contribution >= 4 is 11.9 Å². The number of hydrogen-bond donors (Lipinski definition) is 0. The summed E-state index contributed by atoms with van der Waals surface area (Å²) in [5.41, 5.74) is 0.778. The van der Waals surface area contributed by atoms with Crippen molar-refractivity contribution in [1.29, 1.82) is 0 Å². The van der Waals surface area contributed by atoms with E-state index in [-0.39, 0.29) is 18.4 Å². The molecule has 0 N–H and O–H groups in total. The molecule has 0 aromatic rings. The Hall–Kier alpha value is -1.32. The molecule has 0 bridgehead atoms. The molecule has 0 atom stereocenters. The molecule has 0 fully saturated rings. The molecule has 0 saturated carbocycles. The molecule has 4 nitrogen and oxygen atoms in total. The average Bonchev–Trinajstić information content (AvgIpc) is 2.17. The van der Waals surface area contributed by atoms with Gasteiger partial charge in [0.1, 0.15) is 0 Å². The normalized spacial score (nSPS) is 9.29. The van der Waals surface area contributed by atoms with Gasteiger partial charge in [-0.25, -0.2) is 0 Å². The third kappa shape index (κ3) is 6.22. The number of hydrogen-bond acceptors (Lipinski definition) is 4. The first-order valence-electron chi connectivity index (χ1n) is 4.40. The number of ether oxygens (including phenoxy) is 2. The molecule has 0 aliphatic carbocycles. The molecule has 4 heteroatoms. The molecule has 14 heavy (non-hydrogen) atoms. The Balaban J connectivity index is 3.54. The van der Waals surface area contributed by atoms with Gasteiger partial charge < -0.3 is 9.47 Å². The van der Waals surface area contributed by atoms with Crippen molar-refractivity contribution in [2.75, 3.05) is 14.2 Å². The van der Waals surface area contributed by atoms with Crippen LogP contribution in [0.3, 0.4) is 0 Å². The highest BCUT2D eigenvalue weighted by Gasteiger charge is 2.05. The minimum absolute atomic E-state index is 0.220. The maximum atomic E-state index is 10.8. The highest BCUT2D eigenvalue weighted by atomic mass is 16.5. The Kier molecular flexibility index (Phi) is 6.45. The molecule has 0 aromatic carbocycles. The predicted octanol–water partition coefficient (Wildman–Crippen LogP) is 1.45. The zero-order valence-corrected chi connectivity index (χ0v) is 8.67. The lowest BCUT2D eigenvalue weighted by molar-refractivity contribution is -0.140. The van der Waals surface area contributed by atoms with Crippen molar-refractivity contribution in [3.8, 4) is 0 Å². The molecule has 0 aliphatic rings. The summed E-state index contributed by atoms with van der Waals surface area (Å²) in [5.74, 6) is -0.538. The summed E-state index contributed by atoms with van der Waals surface area (Å²) < 4.78 is 8.95. The fraction of sp³-hybridized carbons (Fsp3) is 0.600. The van der Waals surface area contributed by atoms with Crippen LogP contribution in [0.4, 0.5) is 0 Å². The van der Waals surface area contributed by atoms with Gasteiger partial charge in [0.05, 0.1) is 20.6 Å². The van der Waals surface area contributed by atoms with E-state index in [1.807, 2.05) is 0 Å². The molecule has 0 amide bonds. The third-order valence-corrected chi connectivity index (χ3v) is 1.76. The molecule has 0 aromatic heterocycles. The van der Waals surface area contributed by atoms with Crippen LogP contribution >= 0.6 is 0 Å². The van der Waals surface area contributed by atoms with E-state index < -0.39 is 0 Å². The van der Waals surface area contributed by atoms with Gasteiger partial charge in [-0.05, 0) is 12.8 Å². The SMILES string of the molecule is C=C(CCCC(=O)OC)CC(=O)OC. The quantitative estimate of drug-likeness (QED) is 0.481. The maximum absolute atomic E-state index is 10.8. The average molecular weight is 200 g/mol. The summed E-state index contributed by atoms with van der Waals surface area (Å²) in [6.45, 7) is 3.71. The number of methoxy groups -OCH3 is 2. The number of carbonyl (C=O) groups excluding carboxylic acids is 2. The molecule has 0 aliphatic heterocycles. The monoisotopic (exact) mass is 200 g/mol. The highest BCUT2D eigenvalue weighted by molar-refractivity contribution is 5.72. The molecular formula is C10H16O4. The summed E-state index contributed by atoms with van der Waals surface area (Å²) in [6, 6.07) is 0. The van der Waals surface area contributed by atoms with E-state index in [1.54, 1.807) is 0 Å². The van der Waals surface area contributed by atoms with Gasteiger partial charge in [0.2, 0.25) is 0 Å². The maximum Gasteiger partial charge on any atom is 0.309 e. The lowest BCUT2D eigenvalue weighted by Gasteiger charge is -2.03. The first-order chi connectivity index (χ1) is 6.60. The molecule has 0 saturated heterocycles. The zero-order chi connectivity index (χ0) is 11.0. The van der Waals surface area contributed by atoms with Crippen molar-refractivity contribution in [1.82, 2.24) is 0 Å². The van der Waals surface area contributed by atoms with E-state index >= 15 is 0 Å². The zero-order valence-electron chi connectivity index (χ0n) is 8.67. The number of carbonyl (C=O) groups is 2. The smallest absolute Gasteiger partial charge is 0.309 e. The summed E-state index contributed by atoms with van der Waals surface area (Å²) in [6.07, 6.45) is 1.88. The van der Waals surface area contributed by atoms with Gasteiger partial charge in [0.25, 0.3) is 0 Å². The van der Waals surface area contributed by atoms with E-state index in [4.69, 9.17) is 0 Å². The van der Waals surface area contributed by atoms with Crippen LogP contribution in [0.1, 0.15) is 25.7 Å². The Bertz CT molecular complexity index is 220. The van der Waals surface area contributed by atoms with Crippen LogP contribution in [-0.2, 0) is 19.1 Å². The van der Waals surface area contributed by atoms with Gasteiger partial charge >= 0.3 is 11.9 Å². The Morgan fingerprint density at radius 3 is 2.14 bits per heavy atom. The molecule has 0 unspecified atom stereocenters. The molecular weight excluding hydrogens is 184 g/mol. The first kappa shape index (κ1) is 12.7. The molecule has 80 valence electrons. The summed E-state index contributed by atoms with van der Waals surface area (Å²) >= 11 is 0. The van der Waals surface area contributed by atoms with Gasteiger partial charge in [0.15, 0.2) is 0 Å². The van der Waals surface area contributed by atoms with Crippen molar-refractivity contribution in [3.05, 3.63) is 12.2 Å². The van der Waals surface area contributed by atoms with Crippen LogP contribution in [-0.4, -0.2) is 26.2 Å². The van der Waals surface area contributed by atoms with Gasteiger partial charge in [-0.2, -0.15) is 0 Å². The predicted molar refractivity (Wildman–Crippen MR) is 51.6 cm³/mol. The second-order valence-electron chi connectivity index (χ2n) is 2.93. The first-order valence-corrected chi connectivity index (χ1v) is 4.40. The second-order valence-corrected chi connectivity index (χ2v) is 2.93. The van der Waals surface area contributed by atoms with E-state index in [0.29, 0.717) is 19.3 Å². The minimum Gasteiger partial charge on any atom is -0.469 e. The number of esters is 2. The molecule has 0 heterocycles. The third-order valence-electron chi connectivity index (χ3n) is 1.76.